The molecule has 0 radical (unpaired) electrons. The van der Waals surface area contributed by atoms with Gasteiger partial charge in [-0.2, -0.15) is 0 Å². The fourth-order valence-electron chi connectivity index (χ4n) is 2.91. The topological polar surface area (TPSA) is 72.5 Å². The lowest BCUT2D eigenvalue weighted by atomic mass is 10.1. The van der Waals surface area contributed by atoms with Gasteiger partial charge in [-0.1, -0.05) is 24.3 Å². The predicted molar refractivity (Wildman–Crippen MR) is 115 cm³/mol. The highest BCUT2D eigenvalue weighted by Gasteiger charge is 2.08. The summed E-state index contributed by atoms with van der Waals surface area (Å²) in [7, 11) is 3.19. The van der Waals surface area contributed by atoms with Crippen LogP contribution in [0.3, 0.4) is 0 Å². The highest BCUT2D eigenvalue weighted by molar-refractivity contribution is 5.90. The molecule has 6 nitrogen and oxygen atoms in total. The Bertz CT molecular complexity index is 971. The van der Waals surface area contributed by atoms with Crippen LogP contribution in [0.2, 0.25) is 0 Å². The number of hydrogen-bond acceptors (Lipinski definition) is 5. The van der Waals surface area contributed by atoms with Gasteiger partial charge in [0.05, 0.1) is 26.1 Å². The lowest BCUT2D eigenvalue weighted by molar-refractivity contribution is -0.116. The molecule has 0 aliphatic heterocycles. The summed E-state index contributed by atoms with van der Waals surface area (Å²) in [5, 5.41) is 6.15. The molecule has 6 heteroatoms. The number of benzene rings is 2. The molecule has 0 aliphatic rings. The van der Waals surface area contributed by atoms with E-state index in [-0.39, 0.29) is 5.91 Å². The quantitative estimate of drug-likeness (QED) is 0.581. The number of anilines is 3. The van der Waals surface area contributed by atoms with Gasteiger partial charge in [0, 0.05) is 12.1 Å². The maximum Gasteiger partial charge on any atom is 0.224 e. The van der Waals surface area contributed by atoms with E-state index in [0.29, 0.717) is 30.0 Å². The molecule has 2 aromatic carbocycles. The molecule has 1 amide bonds. The number of pyridine rings is 1. The van der Waals surface area contributed by atoms with E-state index in [2.05, 4.69) is 15.6 Å². The summed E-state index contributed by atoms with van der Waals surface area (Å²) in [6.45, 7) is 2.04. The number of nitrogens with one attached hydrogen (secondary N) is 2. The van der Waals surface area contributed by atoms with E-state index in [1.54, 1.807) is 20.4 Å². The van der Waals surface area contributed by atoms with Crippen LogP contribution in [0.25, 0.3) is 0 Å². The van der Waals surface area contributed by atoms with Crippen LogP contribution in [0, 0.1) is 6.92 Å². The van der Waals surface area contributed by atoms with Crippen molar-refractivity contribution >= 4 is 23.1 Å². The molecule has 1 aromatic heterocycles. The molecule has 29 heavy (non-hydrogen) atoms. The maximum atomic E-state index is 12.3. The summed E-state index contributed by atoms with van der Waals surface area (Å²) >= 11 is 0. The van der Waals surface area contributed by atoms with E-state index < -0.39 is 0 Å². The third kappa shape index (κ3) is 5.48. The number of carbonyl (C=O) groups excluding carboxylic acids is 1. The van der Waals surface area contributed by atoms with Crippen LogP contribution in [-0.4, -0.2) is 25.1 Å². The molecule has 0 bridgehead atoms. The van der Waals surface area contributed by atoms with Gasteiger partial charge in [-0.3, -0.25) is 4.79 Å². The number of carbonyl (C=O) groups is 1. The van der Waals surface area contributed by atoms with Crippen molar-refractivity contribution in [3.63, 3.8) is 0 Å². The molecule has 0 saturated heterocycles. The van der Waals surface area contributed by atoms with Crippen molar-refractivity contribution in [2.24, 2.45) is 0 Å². The van der Waals surface area contributed by atoms with Crippen LogP contribution >= 0.6 is 0 Å². The van der Waals surface area contributed by atoms with Gasteiger partial charge < -0.3 is 20.1 Å². The van der Waals surface area contributed by atoms with Crippen molar-refractivity contribution in [1.82, 2.24) is 4.98 Å². The van der Waals surface area contributed by atoms with E-state index in [1.165, 1.54) is 0 Å². The number of aryl methyl sites for hydroxylation is 2. The molecule has 0 spiro atoms. The molecule has 1 heterocycles. The molecule has 0 unspecified atom stereocenters. The number of methoxy groups -OCH3 is 2. The lowest BCUT2D eigenvalue weighted by Gasteiger charge is -2.10. The first-order valence-corrected chi connectivity index (χ1v) is 9.38. The monoisotopic (exact) mass is 391 g/mol. The molecule has 2 N–H and O–H groups in total. The Labute approximate surface area is 170 Å². The molecule has 0 fully saturated rings. The van der Waals surface area contributed by atoms with E-state index >= 15 is 0 Å². The number of amides is 1. The number of ether oxygens (including phenoxy) is 2. The van der Waals surface area contributed by atoms with Crippen LogP contribution < -0.4 is 20.1 Å². The molecule has 0 aliphatic carbocycles. The number of nitrogens with zero attached hydrogens (tertiary/aromatic N) is 1. The minimum Gasteiger partial charge on any atom is -0.493 e. The van der Waals surface area contributed by atoms with Crippen LogP contribution in [0.4, 0.5) is 17.2 Å². The first kappa shape index (κ1) is 20.2. The van der Waals surface area contributed by atoms with Gasteiger partial charge >= 0.3 is 0 Å². The molecule has 0 atom stereocenters. The van der Waals surface area contributed by atoms with Crippen molar-refractivity contribution in [2.45, 2.75) is 19.8 Å². The Morgan fingerprint density at radius 2 is 1.79 bits per heavy atom. The number of para-hydroxylation sites is 1. The highest BCUT2D eigenvalue weighted by Crippen LogP contribution is 2.28. The van der Waals surface area contributed by atoms with Crippen molar-refractivity contribution in [3.05, 3.63) is 71.9 Å². The second-order valence-corrected chi connectivity index (χ2v) is 6.61. The third-order valence-electron chi connectivity index (χ3n) is 4.54. The second-order valence-electron chi connectivity index (χ2n) is 6.61. The van der Waals surface area contributed by atoms with Crippen LogP contribution in [0.1, 0.15) is 17.5 Å². The summed E-state index contributed by atoms with van der Waals surface area (Å²) in [5.74, 6) is 1.99. The first-order chi connectivity index (χ1) is 14.1. The summed E-state index contributed by atoms with van der Waals surface area (Å²) in [4.78, 5) is 16.6. The zero-order valence-electron chi connectivity index (χ0n) is 16.9. The minimum absolute atomic E-state index is 0.0683. The molecular formula is C23H25N3O3. The third-order valence-corrected chi connectivity index (χ3v) is 4.54. The average molecular weight is 391 g/mol. The SMILES string of the molecule is COc1ccc(CCC(=O)Nc2ccc(Nc3ccccc3C)nc2)cc1OC. The average Bonchev–Trinajstić information content (AvgIpc) is 2.75. The molecule has 3 rings (SSSR count). The molecular weight excluding hydrogens is 366 g/mol. The number of aromatic nitrogens is 1. The Morgan fingerprint density at radius 1 is 1.00 bits per heavy atom. The van der Waals surface area contributed by atoms with Crippen molar-refractivity contribution in [1.29, 1.82) is 0 Å². The van der Waals surface area contributed by atoms with E-state index in [9.17, 15) is 4.79 Å². The summed E-state index contributed by atoms with van der Waals surface area (Å²) in [6, 6.07) is 17.4. The smallest absolute Gasteiger partial charge is 0.224 e. The summed E-state index contributed by atoms with van der Waals surface area (Å²) in [6.07, 6.45) is 2.61. The number of rotatable bonds is 8. The zero-order valence-corrected chi connectivity index (χ0v) is 16.9. The van der Waals surface area contributed by atoms with Crippen LogP contribution in [0.5, 0.6) is 11.5 Å². The van der Waals surface area contributed by atoms with Crippen molar-refractivity contribution in [2.75, 3.05) is 24.9 Å². The maximum absolute atomic E-state index is 12.3. The van der Waals surface area contributed by atoms with Crippen molar-refractivity contribution < 1.29 is 14.3 Å². The van der Waals surface area contributed by atoms with E-state index in [0.717, 1.165) is 22.6 Å². The van der Waals surface area contributed by atoms with Gasteiger partial charge in [0.1, 0.15) is 5.82 Å². The summed E-state index contributed by atoms with van der Waals surface area (Å²) in [5.41, 5.74) is 3.82. The Hall–Kier alpha value is -3.54. The van der Waals surface area contributed by atoms with Crippen molar-refractivity contribution in [3.8, 4) is 11.5 Å². The fraction of sp³-hybridized carbons (Fsp3) is 0.217. The van der Waals surface area contributed by atoms with Gasteiger partial charge in [-0.05, 0) is 54.8 Å². The Kier molecular flexibility index (Phi) is 6.68. The van der Waals surface area contributed by atoms with Gasteiger partial charge in [0.15, 0.2) is 11.5 Å². The predicted octanol–water partition coefficient (Wildman–Crippen LogP) is 4.72. The van der Waals surface area contributed by atoms with Gasteiger partial charge in [-0.25, -0.2) is 4.98 Å². The number of hydrogen-bond donors (Lipinski definition) is 2. The van der Waals surface area contributed by atoms with Gasteiger partial charge in [-0.15, -0.1) is 0 Å². The normalized spacial score (nSPS) is 10.3. The fourth-order valence-corrected chi connectivity index (χ4v) is 2.91. The molecule has 0 saturated carbocycles. The van der Waals surface area contributed by atoms with Gasteiger partial charge in [0.25, 0.3) is 0 Å². The standard InChI is InChI=1S/C23H25N3O3/c1-16-6-4-5-7-19(16)26-22-12-10-18(15-24-22)25-23(27)13-9-17-8-11-20(28-2)21(14-17)29-3/h4-8,10-12,14-15H,9,13H2,1-3H3,(H,24,26)(H,25,27). The summed E-state index contributed by atoms with van der Waals surface area (Å²) < 4.78 is 10.5. The lowest BCUT2D eigenvalue weighted by Crippen LogP contribution is -2.12. The second kappa shape index (κ2) is 9.59. The Balaban J connectivity index is 1.54. The molecule has 150 valence electrons. The van der Waals surface area contributed by atoms with Crippen LogP contribution in [0.15, 0.2) is 60.8 Å². The molecule has 3 aromatic rings. The Morgan fingerprint density at radius 3 is 2.48 bits per heavy atom. The largest absolute Gasteiger partial charge is 0.493 e. The zero-order chi connectivity index (χ0) is 20.6. The minimum atomic E-state index is -0.0683. The van der Waals surface area contributed by atoms with Crippen LogP contribution in [-0.2, 0) is 11.2 Å². The first-order valence-electron chi connectivity index (χ1n) is 9.38. The van der Waals surface area contributed by atoms with E-state index in [1.807, 2.05) is 61.5 Å². The van der Waals surface area contributed by atoms with Gasteiger partial charge in [0.2, 0.25) is 5.91 Å². The van der Waals surface area contributed by atoms with E-state index in [4.69, 9.17) is 9.47 Å². The highest BCUT2D eigenvalue weighted by atomic mass is 16.5.